The molecule has 19 heavy (non-hydrogen) atoms. The molecule has 6 nitrogen and oxygen atoms in total. The van der Waals surface area contributed by atoms with Crippen LogP contribution in [0.25, 0.3) is 0 Å². The molecule has 2 aromatic rings. The number of hydrogen-bond donors (Lipinski definition) is 2. The third kappa shape index (κ3) is 3.74. The van der Waals surface area contributed by atoms with Crippen molar-refractivity contribution in [2.45, 2.75) is 19.4 Å². The van der Waals surface area contributed by atoms with Gasteiger partial charge in [0.15, 0.2) is 0 Å². The molecule has 2 aromatic heterocycles. The van der Waals surface area contributed by atoms with Gasteiger partial charge in [-0.15, -0.1) is 0 Å². The molecule has 0 saturated heterocycles. The molecule has 0 unspecified atom stereocenters. The summed E-state index contributed by atoms with van der Waals surface area (Å²) < 4.78 is 10.1. The summed E-state index contributed by atoms with van der Waals surface area (Å²) in [7, 11) is 0. The van der Waals surface area contributed by atoms with Gasteiger partial charge in [-0.25, -0.2) is 4.79 Å². The van der Waals surface area contributed by atoms with E-state index < -0.39 is 5.97 Å². The Hall–Kier alpha value is -2.50. The largest absolute Gasteiger partial charge is 0.475 e. The maximum Gasteiger partial charge on any atom is 0.371 e. The number of carbonyl (C=O) groups excluding carboxylic acids is 1. The lowest BCUT2D eigenvalue weighted by Crippen LogP contribution is -2.22. The van der Waals surface area contributed by atoms with Gasteiger partial charge in [0.1, 0.15) is 11.5 Å². The average molecular weight is 263 g/mol. The van der Waals surface area contributed by atoms with Crippen LogP contribution in [0.3, 0.4) is 0 Å². The molecule has 2 N–H and O–H groups in total. The minimum atomic E-state index is -1.13. The second-order valence-corrected chi connectivity index (χ2v) is 3.93. The summed E-state index contributed by atoms with van der Waals surface area (Å²) in [5, 5.41) is 11.3. The van der Waals surface area contributed by atoms with Crippen LogP contribution in [0.15, 0.2) is 39.4 Å². The van der Waals surface area contributed by atoms with E-state index in [1.54, 1.807) is 18.4 Å². The molecule has 0 radical (unpaired) electrons. The van der Waals surface area contributed by atoms with Crippen LogP contribution < -0.4 is 5.32 Å². The second-order valence-electron chi connectivity index (χ2n) is 3.93. The van der Waals surface area contributed by atoms with Crippen molar-refractivity contribution in [3.05, 3.63) is 47.8 Å². The van der Waals surface area contributed by atoms with E-state index in [4.69, 9.17) is 13.9 Å². The Morgan fingerprint density at radius 1 is 1.21 bits per heavy atom. The Kier molecular flexibility index (Phi) is 4.02. The van der Waals surface area contributed by atoms with Crippen LogP contribution in [-0.4, -0.2) is 17.0 Å². The van der Waals surface area contributed by atoms with E-state index in [0.717, 1.165) is 5.76 Å². The zero-order valence-corrected chi connectivity index (χ0v) is 10.1. The molecule has 0 aliphatic carbocycles. The van der Waals surface area contributed by atoms with Crippen molar-refractivity contribution in [3.63, 3.8) is 0 Å². The highest BCUT2D eigenvalue weighted by molar-refractivity contribution is 5.84. The van der Waals surface area contributed by atoms with E-state index in [9.17, 15) is 9.59 Å². The quantitative estimate of drug-likeness (QED) is 0.829. The summed E-state index contributed by atoms with van der Waals surface area (Å²) in [4.78, 5) is 22.1. The summed E-state index contributed by atoms with van der Waals surface area (Å²) in [6, 6.07) is 6.45. The normalized spacial score (nSPS) is 10.3. The topological polar surface area (TPSA) is 92.7 Å². The van der Waals surface area contributed by atoms with Crippen LogP contribution in [0.4, 0.5) is 0 Å². The molecule has 0 aliphatic rings. The van der Waals surface area contributed by atoms with E-state index in [0.29, 0.717) is 18.6 Å². The van der Waals surface area contributed by atoms with Crippen LogP contribution >= 0.6 is 0 Å². The third-order valence-electron chi connectivity index (χ3n) is 2.51. The van der Waals surface area contributed by atoms with Gasteiger partial charge in [-0.2, -0.15) is 0 Å². The van der Waals surface area contributed by atoms with Gasteiger partial charge in [-0.05, 0) is 24.3 Å². The number of carboxylic acid groups (broad SMARTS) is 1. The lowest BCUT2D eigenvalue weighted by atomic mass is 10.2. The highest BCUT2D eigenvalue weighted by Gasteiger charge is 2.10. The van der Waals surface area contributed by atoms with Crippen molar-refractivity contribution >= 4 is 11.9 Å². The minimum absolute atomic E-state index is 0.139. The third-order valence-corrected chi connectivity index (χ3v) is 2.51. The van der Waals surface area contributed by atoms with Crippen LogP contribution in [0.1, 0.15) is 28.5 Å². The van der Waals surface area contributed by atoms with Gasteiger partial charge in [-0.3, -0.25) is 4.79 Å². The fraction of sp³-hybridized carbons (Fsp3) is 0.231. The number of furan rings is 2. The highest BCUT2D eigenvalue weighted by Crippen LogP contribution is 2.08. The van der Waals surface area contributed by atoms with Crippen LogP contribution in [-0.2, 0) is 17.8 Å². The molecule has 100 valence electrons. The lowest BCUT2D eigenvalue weighted by Gasteiger charge is -2.02. The Morgan fingerprint density at radius 3 is 2.68 bits per heavy atom. The molecule has 0 bridgehead atoms. The fourth-order valence-corrected chi connectivity index (χ4v) is 1.55. The molecule has 1 amide bonds. The minimum Gasteiger partial charge on any atom is -0.475 e. The van der Waals surface area contributed by atoms with Crippen molar-refractivity contribution in [3.8, 4) is 0 Å². The number of aryl methyl sites for hydroxylation is 1. The van der Waals surface area contributed by atoms with Gasteiger partial charge < -0.3 is 19.3 Å². The summed E-state index contributed by atoms with van der Waals surface area (Å²) in [6.07, 6.45) is 2.39. The van der Waals surface area contributed by atoms with Crippen molar-refractivity contribution < 1.29 is 23.5 Å². The predicted molar refractivity (Wildman–Crippen MR) is 64.5 cm³/mol. The first kappa shape index (κ1) is 12.9. The number of carbonyl (C=O) groups is 2. The van der Waals surface area contributed by atoms with Crippen molar-refractivity contribution in [2.24, 2.45) is 0 Å². The fourth-order valence-electron chi connectivity index (χ4n) is 1.55. The summed E-state index contributed by atoms with van der Waals surface area (Å²) in [6.45, 7) is 0.171. The maximum absolute atomic E-state index is 11.5. The number of hydrogen-bond acceptors (Lipinski definition) is 4. The van der Waals surface area contributed by atoms with Crippen molar-refractivity contribution in [1.29, 1.82) is 0 Å². The van der Waals surface area contributed by atoms with E-state index in [2.05, 4.69) is 5.32 Å². The zero-order chi connectivity index (χ0) is 13.7. The molecule has 0 fully saturated rings. The molecule has 0 saturated carbocycles. The van der Waals surface area contributed by atoms with Gasteiger partial charge in [0.2, 0.25) is 11.7 Å². The first-order valence-electron chi connectivity index (χ1n) is 5.76. The van der Waals surface area contributed by atoms with Gasteiger partial charge in [0, 0.05) is 12.8 Å². The predicted octanol–water partition coefficient (Wildman–Crippen LogP) is 1.82. The molecule has 0 atom stereocenters. The van der Waals surface area contributed by atoms with E-state index in [1.165, 1.54) is 12.1 Å². The second kappa shape index (κ2) is 5.90. The molecule has 0 aromatic carbocycles. The van der Waals surface area contributed by atoms with Crippen molar-refractivity contribution in [1.82, 2.24) is 5.32 Å². The van der Waals surface area contributed by atoms with Crippen molar-refractivity contribution in [2.75, 3.05) is 0 Å². The Balaban J connectivity index is 1.75. The average Bonchev–Trinajstić information content (AvgIpc) is 3.05. The molecular weight excluding hydrogens is 250 g/mol. The van der Waals surface area contributed by atoms with Gasteiger partial charge in [0.05, 0.1) is 12.8 Å². The van der Waals surface area contributed by atoms with E-state index in [-0.39, 0.29) is 18.2 Å². The summed E-state index contributed by atoms with van der Waals surface area (Å²) in [5.41, 5.74) is 0. The summed E-state index contributed by atoms with van der Waals surface area (Å²) >= 11 is 0. The highest BCUT2D eigenvalue weighted by atomic mass is 16.4. The van der Waals surface area contributed by atoms with Crippen LogP contribution in [0.5, 0.6) is 0 Å². The molecule has 0 spiro atoms. The molecule has 0 aliphatic heterocycles. The Bertz CT molecular complexity index is 555. The smallest absolute Gasteiger partial charge is 0.371 e. The molecule has 2 heterocycles. The Morgan fingerprint density at radius 2 is 2.05 bits per heavy atom. The number of rotatable bonds is 6. The molecule has 6 heteroatoms. The maximum atomic E-state index is 11.5. The summed E-state index contributed by atoms with van der Waals surface area (Å²) in [5.74, 6) is -0.259. The molecule has 2 rings (SSSR count). The van der Waals surface area contributed by atoms with Crippen LogP contribution in [0, 0.1) is 0 Å². The standard InChI is InChI=1S/C13H13NO5/c15-12(6-4-9-2-1-7-18-9)14-8-10-3-5-11(19-10)13(16)17/h1-3,5,7H,4,6,8H2,(H,14,15)(H,16,17). The number of carboxylic acids is 1. The first-order chi connectivity index (χ1) is 9.15. The number of aromatic carboxylic acids is 1. The Labute approximate surface area is 109 Å². The van der Waals surface area contributed by atoms with Gasteiger partial charge in [0.25, 0.3) is 0 Å². The first-order valence-corrected chi connectivity index (χ1v) is 5.76. The van der Waals surface area contributed by atoms with Gasteiger partial charge in [-0.1, -0.05) is 0 Å². The zero-order valence-electron chi connectivity index (χ0n) is 10.1. The van der Waals surface area contributed by atoms with E-state index >= 15 is 0 Å². The monoisotopic (exact) mass is 263 g/mol. The van der Waals surface area contributed by atoms with Crippen LogP contribution in [0.2, 0.25) is 0 Å². The SMILES string of the molecule is O=C(CCc1ccco1)NCc1ccc(C(=O)O)o1. The lowest BCUT2D eigenvalue weighted by molar-refractivity contribution is -0.121. The molecular formula is C13H13NO5. The van der Waals surface area contributed by atoms with E-state index in [1.807, 2.05) is 0 Å². The number of amides is 1. The van der Waals surface area contributed by atoms with Gasteiger partial charge >= 0.3 is 5.97 Å². The number of nitrogens with one attached hydrogen (secondary N) is 1.